The van der Waals surface area contributed by atoms with Crippen LogP contribution in [0.5, 0.6) is 0 Å². The Morgan fingerprint density at radius 2 is 1.33 bits per heavy atom. The van der Waals surface area contributed by atoms with E-state index in [0.29, 0.717) is 5.88 Å². The van der Waals surface area contributed by atoms with Gasteiger partial charge in [-0.25, -0.2) is 0 Å². The SMILES string of the molecule is CCCCCCCCCCCCc1c(CCl)ccc2ccccc12. The van der Waals surface area contributed by atoms with Crippen LogP contribution in [0.15, 0.2) is 36.4 Å². The molecule has 0 aromatic heterocycles. The highest BCUT2D eigenvalue weighted by atomic mass is 35.5. The minimum Gasteiger partial charge on any atom is -0.122 e. The van der Waals surface area contributed by atoms with Crippen molar-refractivity contribution in [1.82, 2.24) is 0 Å². The van der Waals surface area contributed by atoms with Gasteiger partial charge in [0.25, 0.3) is 0 Å². The van der Waals surface area contributed by atoms with Crippen LogP contribution >= 0.6 is 11.6 Å². The smallest absolute Gasteiger partial charge is 0.0477 e. The van der Waals surface area contributed by atoms with E-state index in [2.05, 4.69) is 43.3 Å². The second kappa shape index (κ2) is 11.5. The zero-order valence-electron chi connectivity index (χ0n) is 15.3. The van der Waals surface area contributed by atoms with Crippen molar-refractivity contribution < 1.29 is 0 Å². The number of fused-ring (bicyclic) bond motifs is 1. The van der Waals surface area contributed by atoms with Gasteiger partial charge < -0.3 is 0 Å². The average molecular weight is 345 g/mol. The predicted octanol–water partition coefficient (Wildman–Crippen LogP) is 8.04. The van der Waals surface area contributed by atoms with E-state index in [4.69, 9.17) is 11.6 Å². The molecule has 0 atom stereocenters. The molecule has 0 nitrogen and oxygen atoms in total. The Morgan fingerprint density at radius 1 is 0.708 bits per heavy atom. The molecule has 1 heteroatoms. The number of aryl methyl sites for hydroxylation is 1. The topological polar surface area (TPSA) is 0 Å². The van der Waals surface area contributed by atoms with Crippen molar-refractivity contribution in [3.05, 3.63) is 47.5 Å². The Balaban J connectivity index is 1.72. The van der Waals surface area contributed by atoms with Crippen LogP contribution in [0.25, 0.3) is 10.8 Å². The molecule has 0 amide bonds. The van der Waals surface area contributed by atoms with E-state index >= 15 is 0 Å². The van der Waals surface area contributed by atoms with Crippen LogP contribution < -0.4 is 0 Å². The molecule has 0 aliphatic rings. The molecule has 0 N–H and O–H groups in total. The predicted molar refractivity (Wildman–Crippen MR) is 109 cm³/mol. The fourth-order valence-corrected chi connectivity index (χ4v) is 3.84. The minimum atomic E-state index is 0.623. The third-order valence-electron chi connectivity index (χ3n) is 5.06. The van der Waals surface area contributed by atoms with Gasteiger partial charge in [-0.3, -0.25) is 0 Å². The Labute approximate surface area is 153 Å². The van der Waals surface area contributed by atoms with Crippen LogP contribution in [0.1, 0.15) is 82.3 Å². The van der Waals surface area contributed by atoms with E-state index in [1.807, 2.05) is 0 Å². The van der Waals surface area contributed by atoms with Crippen LogP contribution in [-0.4, -0.2) is 0 Å². The van der Waals surface area contributed by atoms with Crippen molar-refractivity contribution in [3.63, 3.8) is 0 Å². The highest BCUT2D eigenvalue weighted by Crippen LogP contribution is 2.26. The van der Waals surface area contributed by atoms with Crippen molar-refractivity contribution in [2.24, 2.45) is 0 Å². The lowest BCUT2D eigenvalue weighted by Crippen LogP contribution is -1.94. The molecule has 0 spiro atoms. The van der Waals surface area contributed by atoms with Crippen molar-refractivity contribution in [2.75, 3.05) is 0 Å². The summed E-state index contributed by atoms with van der Waals surface area (Å²) in [6, 6.07) is 13.1. The third kappa shape index (κ3) is 6.13. The van der Waals surface area contributed by atoms with E-state index in [1.54, 1.807) is 0 Å². The van der Waals surface area contributed by atoms with Crippen LogP contribution in [0.3, 0.4) is 0 Å². The molecule has 0 bridgehead atoms. The van der Waals surface area contributed by atoms with Crippen molar-refractivity contribution in [1.29, 1.82) is 0 Å². The number of unbranched alkanes of at least 4 members (excludes halogenated alkanes) is 9. The molecule has 0 aliphatic carbocycles. The quantitative estimate of drug-likeness (QED) is 0.270. The number of rotatable bonds is 12. The van der Waals surface area contributed by atoms with E-state index in [-0.39, 0.29) is 0 Å². The first-order valence-electron chi connectivity index (χ1n) is 9.92. The van der Waals surface area contributed by atoms with Gasteiger partial charge in [-0.1, -0.05) is 101 Å². The van der Waals surface area contributed by atoms with E-state index in [0.717, 1.165) is 0 Å². The molecule has 0 saturated heterocycles. The summed E-state index contributed by atoms with van der Waals surface area (Å²) in [5.41, 5.74) is 2.79. The molecular weight excluding hydrogens is 312 g/mol. The first-order chi connectivity index (χ1) is 11.9. The number of benzene rings is 2. The molecule has 0 saturated carbocycles. The Kier molecular flexibility index (Phi) is 9.28. The molecule has 2 aromatic carbocycles. The second-order valence-corrected chi connectivity index (χ2v) is 7.26. The summed E-state index contributed by atoms with van der Waals surface area (Å²) in [6.07, 6.45) is 15.1. The fraction of sp³-hybridized carbons (Fsp3) is 0.565. The number of hydrogen-bond acceptors (Lipinski definition) is 0. The van der Waals surface area contributed by atoms with E-state index in [9.17, 15) is 0 Å². The van der Waals surface area contributed by atoms with Gasteiger partial charge in [-0.15, -0.1) is 11.6 Å². The summed E-state index contributed by atoms with van der Waals surface area (Å²) in [7, 11) is 0. The first-order valence-corrected chi connectivity index (χ1v) is 10.5. The molecule has 2 aromatic rings. The molecule has 0 aliphatic heterocycles. The van der Waals surface area contributed by atoms with Crippen molar-refractivity contribution >= 4 is 22.4 Å². The molecule has 0 radical (unpaired) electrons. The monoisotopic (exact) mass is 344 g/mol. The van der Waals surface area contributed by atoms with Crippen LogP contribution in [0.4, 0.5) is 0 Å². The zero-order valence-corrected chi connectivity index (χ0v) is 16.1. The van der Waals surface area contributed by atoms with Gasteiger partial charge >= 0.3 is 0 Å². The lowest BCUT2D eigenvalue weighted by atomic mass is 9.95. The Hall–Kier alpha value is -1.01. The van der Waals surface area contributed by atoms with Gasteiger partial charge in [0.15, 0.2) is 0 Å². The standard InChI is InChI=1S/C23H33Cl/c1-2-3-4-5-6-7-8-9-10-11-15-23-21(19-24)18-17-20-14-12-13-16-22(20)23/h12-14,16-18H,2-11,15,19H2,1H3. The normalized spacial score (nSPS) is 11.2. The van der Waals surface area contributed by atoms with Gasteiger partial charge in [0.05, 0.1) is 0 Å². The molecule has 0 heterocycles. The zero-order chi connectivity index (χ0) is 17.0. The van der Waals surface area contributed by atoms with Crippen LogP contribution in [0, 0.1) is 0 Å². The summed E-state index contributed by atoms with van der Waals surface area (Å²) in [5.74, 6) is 0.623. The third-order valence-corrected chi connectivity index (χ3v) is 5.35. The Bertz CT molecular complexity index is 588. The molecule has 0 fully saturated rings. The molecule has 24 heavy (non-hydrogen) atoms. The number of hydrogen-bond donors (Lipinski definition) is 0. The minimum absolute atomic E-state index is 0.623. The summed E-state index contributed by atoms with van der Waals surface area (Å²) < 4.78 is 0. The summed E-state index contributed by atoms with van der Waals surface area (Å²) in [4.78, 5) is 0. The van der Waals surface area contributed by atoms with Crippen LogP contribution in [-0.2, 0) is 12.3 Å². The lowest BCUT2D eigenvalue weighted by Gasteiger charge is -2.11. The number of halogens is 1. The summed E-state index contributed by atoms with van der Waals surface area (Å²) in [5, 5.41) is 2.74. The highest BCUT2D eigenvalue weighted by Gasteiger charge is 2.06. The number of alkyl halides is 1. The molecule has 0 unspecified atom stereocenters. The molecular formula is C23H33Cl. The van der Waals surface area contributed by atoms with Crippen LogP contribution in [0.2, 0.25) is 0 Å². The van der Waals surface area contributed by atoms with Crippen molar-refractivity contribution in [2.45, 2.75) is 83.4 Å². The average Bonchev–Trinajstić information content (AvgIpc) is 2.63. The maximum Gasteiger partial charge on any atom is 0.0477 e. The van der Waals surface area contributed by atoms with Gasteiger partial charge in [-0.05, 0) is 34.7 Å². The van der Waals surface area contributed by atoms with Crippen molar-refractivity contribution in [3.8, 4) is 0 Å². The first kappa shape index (κ1) is 19.3. The second-order valence-electron chi connectivity index (χ2n) is 6.99. The Morgan fingerprint density at radius 3 is 2.00 bits per heavy atom. The maximum atomic E-state index is 6.17. The van der Waals surface area contributed by atoms with E-state index in [1.165, 1.54) is 92.5 Å². The summed E-state index contributed by atoms with van der Waals surface area (Å²) in [6.45, 7) is 2.28. The van der Waals surface area contributed by atoms with Gasteiger partial charge in [-0.2, -0.15) is 0 Å². The fourth-order valence-electron chi connectivity index (χ4n) is 3.59. The maximum absolute atomic E-state index is 6.17. The highest BCUT2D eigenvalue weighted by molar-refractivity contribution is 6.17. The molecule has 2 rings (SSSR count). The van der Waals surface area contributed by atoms with Gasteiger partial charge in [0.1, 0.15) is 0 Å². The van der Waals surface area contributed by atoms with E-state index < -0.39 is 0 Å². The van der Waals surface area contributed by atoms with Gasteiger partial charge in [0, 0.05) is 5.88 Å². The van der Waals surface area contributed by atoms with Gasteiger partial charge in [0.2, 0.25) is 0 Å². The molecule has 132 valence electrons. The lowest BCUT2D eigenvalue weighted by molar-refractivity contribution is 0.556. The largest absolute Gasteiger partial charge is 0.122 e. The summed E-state index contributed by atoms with van der Waals surface area (Å²) >= 11 is 6.17.